The Labute approximate surface area is 185 Å². The van der Waals surface area contributed by atoms with Crippen molar-refractivity contribution in [3.63, 3.8) is 0 Å². The molecule has 0 saturated carbocycles. The van der Waals surface area contributed by atoms with Crippen molar-refractivity contribution in [2.75, 3.05) is 7.11 Å². The second-order valence-corrected chi connectivity index (χ2v) is 8.27. The Bertz CT molecular complexity index is 1010. The summed E-state index contributed by atoms with van der Waals surface area (Å²) in [5, 5.41) is 8.77. The van der Waals surface area contributed by atoms with Gasteiger partial charge < -0.3 is 15.2 Å². The summed E-state index contributed by atoms with van der Waals surface area (Å²) < 4.78 is 8.48. The Kier molecular flexibility index (Phi) is 7.71. The van der Waals surface area contributed by atoms with Gasteiger partial charge in [-0.25, -0.2) is 15.0 Å². The molecule has 0 saturated heterocycles. The molecule has 0 amide bonds. The Morgan fingerprint density at radius 2 is 2.10 bits per heavy atom. The molecule has 0 aliphatic carbocycles. The number of carbonyl (C=O) groups is 1. The molecule has 3 heterocycles. The Balaban J connectivity index is 1.69. The smallest absolute Gasteiger partial charge is 0.213 e. The molecule has 2 aromatic heterocycles. The second kappa shape index (κ2) is 10.7. The van der Waals surface area contributed by atoms with Crippen LogP contribution in [0.15, 0.2) is 53.1 Å². The summed E-state index contributed by atoms with van der Waals surface area (Å²) >= 11 is 1.49. The van der Waals surface area contributed by atoms with E-state index < -0.39 is 0 Å². The number of aromatic nitrogens is 3. The molecule has 3 N–H and O–H groups in total. The van der Waals surface area contributed by atoms with Crippen molar-refractivity contribution in [2.45, 2.75) is 31.9 Å². The summed E-state index contributed by atoms with van der Waals surface area (Å²) in [7, 11) is 1.55. The number of pyridine rings is 1. The Hall–Kier alpha value is -3.27. The van der Waals surface area contributed by atoms with Gasteiger partial charge in [0.1, 0.15) is 11.7 Å². The van der Waals surface area contributed by atoms with Gasteiger partial charge in [-0.1, -0.05) is 13.0 Å². The maximum Gasteiger partial charge on any atom is 0.213 e. The van der Waals surface area contributed by atoms with Crippen molar-refractivity contribution in [3.05, 3.63) is 60.0 Å². The van der Waals surface area contributed by atoms with Crippen LogP contribution in [-0.4, -0.2) is 44.6 Å². The first-order valence-electron chi connectivity index (χ1n) is 9.77. The zero-order valence-corrected chi connectivity index (χ0v) is 18.5. The molecular formula is C21H25N7O2S. The molecule has 0 fully saturated rings. The molecule has 31 heavy (non-hydrogen) atoms. The fourth-order valence-electron chi connectivity index (χ4n) is 2.92. The van der Waals surface area contributed by atoms with E-state index in [1.165, 1.54) is 24.2 Å². The molecule has 0 bridgehead atoms. The first-order chi connectivity index (χ1) is 15.0. The molecule has 0 radical (unpaired) electrons. The van der Waals surface area contributed by atoms with Gasteiger partial charge in [0.2, 0.25) is 5.88 Å². The summed E-state index contributed by atoms with van der Waals surface area (Å²) in [6.45, 7) is 4.02. The van der Waals surface area contributed by atoms with E-state index in [9.17, 15) is 4.79 Å². The molecule has 1 aliphatic heterocycles. The molecule has 2 unspecified atom stereocenters. The largest absolute Gasteiger partial charge is 0.481 e. The quantitative estimate of drug-likeness (QED) is 0.450. The van der Waals surface area contributed by atoms with E-state index in [4.69, 9.17) is 10.5 Å². The van der Waals surface area contributed by atoms with Crippen molar-refractivity contribution in [1.82, 2.24) is 19.7 Å². The minimum atomic E-state index is -0.362. The summed E-state index contributed by atoms with van der Waals surface area (Å²) in [6.07, 6.45) is 7.06. The molecule has 2 atom stereocenters. The van der Waals surface area contributed by atoms with Crippen LogP contribution in [0.1, 0.15) is 30.4 Å². The molecule has 162 valence electrons. The maximum absolute atomic E-state index is 12.3. The monoisotopic (exact) mass is 439 g/mol. The lowest BCUT2D eigenvalue weighted by molar-refractivity contribution is -0.114. The highest BCUT2D eigenvalue weighted by Gasteiger charge is 2.31. The molecule has 9 nitrogen and oxygen atoms in total. The molecule has 0 aromatic carbocycles. The van der Waals surface area contributed by atoms with Crippen LogP contribution in [0.25, 0.3) is 0 Å². The van der Waals surface area contributed by atoms with Crippen molar-refractivity contribution >= 4 is 29.3 Å². The van der Waals surface area contributed by atoms with E-state index in [2.05, 4.69) is 36.8 Å². The van der Waals surface area contributed by atoms with Crippen LogP contribution in [0.2, 0.25) is 0 Å². The highest BCUT2D eigenvalue weighted by Crippen LogP contribution is 2.23. The lowest BCUT2D eigenvalue weighted by atomic mass is 9.94. The minimum absolute atomic E-state index is 0.120. The average molecular weight is 440 g/mol. The molecule has 10 heteroatoms. The van der Waals surface area contributed by atoms with Crippen molar-refractivity contribution in [2.24, 2.45) is 21.9 Å². The van der Waals surface area contributed by atoms with Gasteiger partial charge in [-0.3, -0.25) is 4.79 Å². The third-order valence-corrected chi connectivity index (χ3v) is 5.37. The lowest BCUT2D eigenvalue weighted by Gasteiger charge is -2.17. The molecular weight excluding hydrogens is 414 g/mol. The van der Waals surface area contributed by atoms with E-state index in [0.717, 1.165) is 11.4 Å². The van der Waals surface area contributed by atoms with Gasteiger partial charge in [0.25, 0.3) is 0 Å². The van der Waals surface area contributed by atoms with Crippen LogP contribution < -0.4 is 15.2 Å². The van der Waals surface area contributed by atoms with Gasteiger partial charge in [-0.2, -0.15) is 5.10 Å². The number of hydrogen-bond donors (Lipinski definition) is 2. The van der Waals surface area contributed by atoms with E-state index in [0.29, 0.717) is 29.5 Å². The van der Waals surface area contributed by atoms with Gasteiger partial charge >= 0.3 is 0 Å². The number of hydrogen-bond acceptors (Lipinski definition) is 10. The van der Waals surface area contributed by atoms with Crippen molar-refractivity contribution in [1.29, 1.82) is 0 Å². The zero-order valence-electron chi connectivity index (χ0n) is 17.6. The topological polar surface area (TPSA) is 128 Å². The number of allylic oxidation sites excluding steroid dienone is 1. The SMILES string of the molecule is COc1cccc(C2=NN=C(NSC(C)Cc3ncc(C)cn3)C2CC(=O)C=CN)n1. The van der Waals surface area contributed by atoms with Crippen LogP contribution in [0.4, 0.5) is 0 Å². The average Bonchev–Trinajstić information content (AvgIpc) is 3.16. The highest BCUT2D eigenvalue weighted by atomic mass is 32.2. The number of carbonyl (C=O) groups excluding carboxylic acids is 1. The fourth-order valence-corrected chi connectivity index (χ4v) is 3.66. The third-order valence-electron chi connectivity index (χ3n) is 4.48. The van der Waals surface area contributed by atoms with E-state index in [-0.39, 0.29) is 23.4 Å². The van der Waals surface area contributed by atoms with Gasteiger partial charge in [0.05, 0.1) is 24.4 Å². The number of methoxy groups -OCH3 is 1. The third kappa shape index (κ3) is 6.11. The Morgan fingerprint density at radius 3 is 2.81 bits per heavy atom. The fraction of sp³-hybridized carbons (Fsp3) is 0.333. The second-order valence-electron chi connectivity index (χ2n) is 7.03. The normalized spacial score (nSPS) is 16.7. The van der Waals surface area contributed by atoms with Crippen molar-refractivity contribution < 1.29 is 9.53 Å². The van der Waals surface area contributed by atoms with E-state index in [1.807, 2.05) is 31.5 Å². The number of ketones is 1. The molecule has 0 spiro atoms. The zero-order chi connectivity index (χ0) is 22.2. The predicted octanol–water partition coefficient (Wildman–Crippen LogP) is 2.22. The first-order valence-corrected chi connectivity index (χ1v) is 10.6. The highest BCUT2D eigenvalue weighted by molar-refractivity contribution is 7.98. The number of aryl methyl sites for hydroxylation is 1. The standard InChI is InChI=1S/C21H25N7O2S/c1-13-11-23-18(24-12-13)9-14(2)31-28-21-16(10-15(29)7-8-22)20(26-27-21)17-5-4-6-19(25-17)30-3/h4-8,11-12,14,16H,9-10,22H2,1-3H3,(H,27,28). The van der Waals surface area contributed by atoms with Crippen LogP contribution in [0.3, 0.4) is 0 Å². The first kappa shape index (κ1) is 22.4. The number of amidine groups is 1. The number of ether oxygens (including phenoxy) is 1. The predicted molar refractivity (Wildman–Crippen MR) is 122 cm³/mol. The van der Waals surface area contributed by atoms with Gasteiger partial charge in [-0.05, 0) is 42.8 Å². The van der Waals surface area contributed by atoms with Crippen LogP contribution in [-0.2, 0) is 11.2 Å². The number of nitrogens with one attached hydrogen (secondary N) is 1. The maximum atomic E-state index is 12.3. The molecule has 1 aliphatic rings. The minimum Gasteiger partial charge on any atom is -0.481 e. The number of nitrogens with zero attached hydrogens (tertiary/aromatic N) is 5. The van der Waals surface area contributed by atoms with Crippen molar-refractivity contribution in [3.8, 4) is 5.88 Å². The summed E-state index contributed by atoms with van der Waals surface area (Å²) in [5.74, 6) is 1.36. The van der Waals surface area contributed by atoms with E-state index in [1.54, 1.807) is 13.2 Å². The Morgan fingerprint density at radius 1 is 1.32 bits per heavy atom. The summed E-state index contributed by atoms with van der Waals surface area (Å²) in [5.41, 5.74) is 7.62. The summed E-state index contributed by atoms with van der Waals surface area (Å²) in [6, 6.07) is 5.40. The van der Waals surface area contributed by atoms with Gasteiger partial charge in [0, 0.05) is 36.6 Å². The van der Waals surface area contributed by atoms with E-state index >= 15 is 0 Å². The van der Waals surface area contributed by atoms with Crippen LogP contribution in [0.5, 0.6) is 5.88 Å². The molecule has 3 rings (SSSR count). The number of nitrogens with two attached hydrogens (primary N) is 1. The van der Waals surface area contributed by atoms with Crippen LogP contribution >= 0.6 is 11.9 Å². The summed E-state index contributed by atoms with van der Waals surface area (Å²) in [4.78, 5) is 25.4. The van der Waals surface area contributed by atoms with Gasteiger partial charge in [-0.15, -0.1) is 5.10 Å². The van der Waals surface area contributed by atoms with Gasteiger partial charge in [0.15, 0.2) is 5.78 Å². The number of rotatable bonds is 9. The van der Waals surface area contributed by atoms with Crippen LogP contribution in [0, 0.1) is 12.8 Å². The molecule has 2 aromatic rings. The lowest BCUT2D eigenvalue weighted by Crippen LogP contribution is -2.32.